The van der Waals surface area contributed by atoms with Crippen LogP contribution in [-0.4, -0.2) is 15.9 Å². The first-order valence-electron chi connectivity index (χ1n) is 5.43. The minimum atomic E-state index is -0.649. The van der Waals surface area contributed by atoms with E-state index < -0.39 is 11.7 Å². The molecule has 0 aliphatic heterocycles. The van der Waals surface area contributed by atoms with Crippen molar-refractivity contribution in [3.8, 4) is 6.07 Å². The Kier molecular flexibility index (Phi) is 3.83. The van der Waals surface area contributed by atoms with E-state index in [-0.39, 0.29) is 16.9 Å². The largest absolute Gasteiger partial charge is 0.321 e. The molecular weight excluding hydrogens is 263 g/mol. The summed E-state index contributed by atoms with van der Waals surface area (Å²) in [6, 6.07) is 5.36. The lowest BCUT2D eigenvalue weighted by Gasteiger charge is -2.05. The smallest absolute Gasteiger partial charge is 0.275 e. The molecule has 8 heteroatoms. The van der Waals surface area contributed by atoms with Crippen molar-refractivity contribution in [2.45, 2.75) is 0 Å². The fraction of sp³-hybridized carbons (Fsp3) is 0. The summed E-state index contributed by atoms with van der Waals surface area (Å²) in [6.07, 6.45) is 2.53. The van der Waals surface area contributed by atoms with Gasteiger partial charge in [-0.2, -0.15) is 5.26 Å². The number of carbonyl (C=O) groups is 1. The Morgan fingerprint density at radius 3 is 2.75 bits per heavy atom. The number of aromatic nitrogens is 2. The molecule has 7 nitrogen and oxygen atoms in total. The molecule has 0 unspecified atom stereocenters. The lowest BCUT2D eigenvalue weighted by molar-refractivity contribution is 0.102. The van der Waals surface area contributed by atoms with E-state index in [4.69, 9.17) is 11.1 Å². The van der Waals surface area contributed by atoms with Gasteiger partial charge in [0.1, 0.15) is 17.6 Å². The summed E-state index contributed by atoms with van der Waals surface area (Å²) in [4.78, 5) is 19.5. The number of hydrogen-bond donors (Lipinski definition) is 3. The fourth-order valence-corrected chi connectivity index (χ4v) is 1.40. The van der Waals surface area contributed by atoms with Gasteiger partial charge in [-0.1, -0.05) is 0 Å². The van der Waals surface area contributed by atoms with Crippen LogP contribution in [0.15, 0.2) is 30.6 Å². The molecule has 0 radical (unpaired) electrons. The number of carbonyl (C=O) groups excluding carboxylic acids is 1. The number of benzene rings is 1. The molecule has 0 fully saturated rings. The molecule has 0 atom stereocenters. The van der Waals surface area contributed by atoms with Crippen LogP contribution in [0.5, 0.6) is 0 Å². The first kappa shape index (κ1) is 13.4. The molecule has 0 saturated heterocycles. The number of nitriles is 1. The summed E-state index contributed by atoms with van der Waals surface area (Å²) < 4.78 is 13.1. The van der Waals surface area contributed by atoms with Gasteiger partial charge < -0.3 is 10.7 Å². The molecule has 1 amide bonds. The number of nitrogens with one attached hydrogen (secondary N) is 2. The van der Waals surface area contributed by atoms with E-state index >= 15 is 0 Å². The third kappa shape index (κ3) is 2.85. The molecule has 1 aromatic heterocycles. The molecule has 2 aromatic rings. The van der Waals surface area contributed by atoms with E-state index in [1.165, 1.54) is 24.5 Å². The maximum Gasteiger partial charge on any atom is 0.275 e. The lowest BCUT2D eigenvalue weighted by Crippen LogP contribution is -2.15. The third-order valence-corrected chi connectivity index (χ3v) is 2.38. The van der Waals surface area contributed by atoms with E-state index in [0.29, 0.717) is 5.82 Å². The zero-order valence-electron chi connectivity index (χ0n) is 10.1. The minimum absolute atomic E-state index is 0.0619. The first-order chi connectivity index (χ1) is 9.63. The topological polar surface area (TPSA) is 117 Å². The quantitative estimate of drug-likeness (QED) is 0.567. The number of nitrogens with two attached hydrogens (primary N) is 1. The second-order valence-corrected chi connectivity index (χ2v) is 3.69. The van der Waals surface area contributed by atoms with Gasteiger partial charge in [0.05, 0.1) is 18.0 Å². The standard InChI is InChI=1S/C12H9FN6O/c13-9-2-1-8(3-7(9)4-14)18-12(20)10-5-17-11(19-15)6-16-10/h1-3,5-6H,15H2,(H,17,19)(H,18,20). The second-order valence-electron chi connectivity index (χ2n) is 3.69. The molecule has 1 heterocycles. The predicted molar refractivity (Wildman–Crippen MR) is 68.9 cm³/mol. The predicted octanol–water partition coefficient (Wildman–Crippen LogP) is 1.03. The van der Waals surface area contributed by atoms with Gasteiger partial charge in [-0.3, -0.25) is 4.79 Å². The number of nitrogens with zero attached hydrogens (tertiary/aromatic N) is 3. The summed E-state index contributed by atoms with van der Waals surface area (Å²) in [5.41, 5.74) is 2.47. The number of hydrazine groups is 1. The van der Waals surface area contributed by atoms with Gasteiger partial charge in [-0.25, -0.2) is 20.2 Å². The summed E-state index contributed by atoms with van der Waals surface area (Å²) in [5.74, 6) is 4.26. The molecule has 4 N–H and O–H groups in total. The van der Waals surface area contributed by atoms with Crippen molar-refractivity contribution < 1.29 is 9.18 Å². The van der Waals surface area contributed by atoms with E-state index in [0.717, 1.165) is 6.07 Å². The summed E-state index contributed by atoms with van der Waals surface area (Å²) >= 11 is 0. The highest BCUT2D eigenvalue weighted by molar-refractivity contribution is 6.02. The third-order valence-electron chi connectivity index (χ3n) is 2.38. The van der Waals surface area contributed by atoms with Crippen molar-refractivity contribution >= 4 is 17.4 Å². The summed E-state index contributed by atoms with van der Waals surface area (Å²) in [7, 11) is 0. The van der Waals surface area contributed by atoms with Crippen LogP contribution < -0.4 is 16.6 Å². The molecule has 0 aliphatic carbocycles. The average Bonchev–Trinajstić information content (AvgIpc) is 2.49. The molecule has 2 rings (SSSR count). The van der Waals surface area contributed by atoms with Crippen molar-refractivity contribution in [2.75, 3.05) is 10.7 Å². The molecule has 0 aliphatic rings. The van der Waals surface area contributed by atoms with Crippen LogP contribution in [-0.2, 0) is 0 Å². The normalized spacial score (nSPS) is 9.65. The van der Waals surface area contributed by atoms with Crippen LogP contribution in [0.25, 0.3) is 0 Å². The Morgan fingerprint density at radius 1 is 1.35 bits per heavy atom. The van der Waals surface area contributed by atoms with Gasteiger partial charge in [0.2, 0.25) is 0 Å². The van der Waals surface area contributed by atoms with Crippen LogP contribution in [0.1, 0.15) is 16.1 Å². The van der Waals surface area contributed by atoms with E-state index in [2.05, 4.69) is 20.7 Å². The zero-order valence-corrected chi connectivity index (χ0v) is 10.1. The minimum Gasteiger partial charge on any atom is -0.321 e. The summed E-state index contributed by atoms with van der Waals surface area (Å²) in [6.45, 7) is 0. The molecule has 0 bridgehead atoms. The Bertz CT molecular complexity index is 679. The molecule has 20 heavy (non-hydrogen) atoms. The van der Waals surface area contributed by atoms with Crippen LogP contribution >= 0.6 is 0 Å². The van der Waals surface area contributed by atoms with Crippen LogP contribution in [0, 0.1) is 17.1 Å². The van der Waals surface area contributed by atoms with Crippen LogP contribution in [0.3, 0.4) is 0 Å². The number of anilines is 2. The highest BCUT2D eigenvalue weighted by Crippen LogP contribution is 2.14. The van der Waals surface area contributed by atoms with Crippen molar-refractivity contribution in [3.63, 3.8) is 0 Å². The highest BCUT2D eigenvalue weighted by Gasteiger charge is 2.10. The van der Waals surface area contributed by atoms with Crippen molar-refractivity contribution in [3.05, 3.63) is 47.7 Å². The van der Waals surface area contributed by atoms with Gasteiger partial charge in [0.15, 0.2) is 5.82 Å². The number of rotatable bonds is 3. The van der Waals surface area contributed by atoms with Crippen LogP contribution in [0.4, 0.5) is 15.9 Å². The summed E-state index contributed by atoms with van der Waals surface area (Å²) in [5, 5.41) is 11.2. The van der Waals surface area contributed by atoms with Gasteiger partial charge >= 0.3 is 0 Å². The molecule has 100 valence electrons. The van der Waals surface area contributed by atoms with Crippen molar-refractivity contribution in [1.82, 2.24) is 9.97 Å². The molecule has 0 saturated carbocycles. The maximum atomic E-state index is 13.1. The average molecular weight is 272 g/mol. The monoisotopic (exact) mass is 272 g/mol. The molecule has 0 spiro atoms. The number of halogens is 1. The second kappa shape index (κ2) is 5.73. The van der Waals surface area contributed by atoms with Crippen LogP contribution in [0.2, 0.25) is 0 Å². The van der Waals surface area contributed by atoms with Gasteiger partial charge in [-0.05, 0) is 18.2 Å². The first-order valence-corrected chi connectivity index (χ1v) is 5.43. The maximum absolute atomic E-state index is 13.1. The number of amides is 1. The Hall–Kier alpha value is -3.05. The zero-order chi connectivity index (χ0) is 14.5. The molecule has 1 aromatic carbocycles. The van der Waals surface area contributed by atoms with Gasteiger partial charge in [0.25, 0.3) is 5.91 Å². The van der Waals surface area contributed by atoms with E-state index in [1.54, 1.807) is 6.07 Å². The SMILES string of the molecule is N#Cc1cc(NC(=O)c2cnc(NN)cn2)ccc1F. The van der Waals surface area contributed by atoms with Crippen molar-refractivity contribution in [2.24, 2.45) is 5.84 Å². The van der Waals surface area contributed by atoms with Gasteiger partial charge in [0, 0.05) is 5.69 Å². The number of hydrogen-bond acceptors (Lipinski definition) is 6. The van der Waals surface area contributed by atoms with E-state index in [9.17, 15) is 9.18 Å². The Labute approximate surface area is 113 Å². The highest BCUT2D eigenvalue weighted by atomic mass is 19.1. The van der Waals surface area contributed by atoms with Crippen molar-refractivity contribution in [1.29, 1.82) is 5.26 Å². The van der Waals surface area contributed by atoms with E-state index in [1.807, 2.05) is 0 Å². The fourth-order valence-electron chi connectivity index (χ4n) is 1.40. The van der Waals surface area contributed by atoms with Gasteiger partial charge in [-0.15, -0.1) is 0 Å². The Balaban J connectivity index is 2.17. The Morgan fingerprint density at radius 2 is 2.15 bits per heavy atom. The molecular formula is C12H9FN6O. The number of nitrogen functional groups attached to an aromatic ring is 1. The lowest BCUT2D eigenvalue weighted by atomic mass is 10.2.